The molecular weight excluding hydrogens is 396 g/mol. The van der Waals surface area contributed by atoms with Crippen molar-refractivity contribution >= 4 is 12.2 Å². The van der Waals surface area contributed by atoms with Gasteiger partial charge in [-0.3, -0.25) is 0 Å². The lowest BCUT2D eigenvalue weighted by Crippen LogP contribution is -2.57. The van der Waals surface area contributed by atoms with Gasteiger partial charge in [0.05, 0.1) is 18.4 Å². The smallest absolute Gasteiger partial charge is 0.164 e. The SMILES string of the molecule is N#Cc1c(-c2ccco2)c2c(n([C@@H]3O[C@@H](CO)[C@@H](O)[C@@H](O)[C@@H]3O)c1=S)CCCC2. The molecule has 1 aliphatic carbocycles. The van der Waals surface area contributed by atoms with Crippen molar-refractivity contribution in [2.45, 2.75) is 56.3 Å². The minimum absolute atomic E-state index is 0.156. The van der Waals surface area contributed by atoms with Gasteiger partial charge < -0.3 is 34.1 Å². The van der Waals surface area contributed by atoms with Crippen molar-refractivity contribution in [1.82, 2.24) is 4.57 Å². The van der Waals surface area contributed by atoms with E-state index in [0.717, 1.165) is 24.1 Å². The van der Waals surface area contributed by atoms with Crippen LogP contribution in [0, 0.1) is 16.0 Å². The molecule has 0 radical (unpaired) electrons. The summed E-state index contributed by atoms with van der Waals surface area (Å²) in [5.41, 5.74) is 2.58. The number of pyridine rings is 1. The van der Waals surface area contributed by atoms with Crippen molar-refractivity contribution in [1.29, 1.82) is 5.26 Å². The zero-order valence-corrected chi connectivity index (χ0v) is 16.4. The molecule has 4 rings (SSSR count). The molecule has 0 unspecified atom stereocenters. The monoisotopic (exact) mass is 418 g/mol. The summed E-state index contributed by atoms with van der Waals surface area (Å²) in [6.07, 6.45) is -1.96. The lowest BCUT2D eigenvalue weighted by Gasteiger charge is -2.42. The maximum absolute atomic E-state index is 10.6. The summed E-state index contributed by atoms with van der Waals surface area (Å²) in [6.45, 7) is -0.535. The lowest BCUT2D eigenvalue weighted by atomic mass is 9.88. The van der Waals surface area contributed by atoms with Gasteiger partial charge in [-0.1, -0.05) is 12.2 Å². The van der Waals surface area contributed by atoms with Gasteiger partial charge in [-0.25, -0.2) is 0 Å². The van der Waals surface area contributed by atoms with Crippen LogP contribution in [0.5, 0.6) is 0 Å². The average Bonchev–Trinajstić information content (AvgIpc) is 3.26. The quantitative estimate of drug-likeness (QED) is 0.547. The number of nitriles is 1. The molecule has 0 aromatic carbocycles. The fourth-order valence-electron chi connectivity index (χ4n) is 4.29. The van der Waals surface area contributed by atoms with Gasteiger partial charge in [0.15, 0.2) is 6.23 Å². The molecule has 8 nitrogen and oxygen atoms in total. The molecule has 2 aromatic heterocycles. The third-order valence-corrected chi connectivity index (χ3v) is 6.12. The fourth-order valence-corrected chi connectivity index (χ4v) is 4.65. The molecule has 4 N–H and O–H groups in total. The van der Waals surface area contributed by atoms with Crippen molar-refractivity contribution < 1.29 is 29.6 Å². The van der Waals surface area contributed by atoms with Crippen LogP contribution in [0.25, 0.3) is 11.3 Å². The van der Waals surface area contributed by atoms with Gasteiger partial charge in [-0.15, -0.1) is 0 Å². The van der Waals surface area contributed by atoms with E-state index in [2.05, 4.69) is 6.07 Å². The molecule has 1 fully saturated rings. The minimum Gasteiger partial charge on any atom is -0.464 e. The van der Waals surface area contributed by atoms with E-state index in [-0.39, 0.29) is 10.2 Å². The summed E-state index contributed by atoms with van der Waals surface area (Å²) in [6, 6.07) is 5.68. The molecule has 1 saturated heterocycles. The molecule has 0 saturated carbocycles. The highest BCUT2D eigenvalue weighted by Crippen LogP contribution is 2.39. The van der Waals surface area contributed by atoms with Crippen molar-refractivity contribution in [2.75, 3.05) is 6.61 Å². The number of hydrogen-bond donors (Lipinski definition) is 4. The Bertz CT molecular complexity index is 994. The molecule has 9 heteroatoms. The summed E-state index contributed by atoms with van der Waals surface area (Å²) in [7, 11) is 0. The Labute approximate surface area is 172 Å². The standard InChI is InChI=1S/C20H22N2O6S/c21-8-11-15(13-6-3-7-27-13)10-4-1-2-5-12(10)22(20(11)29)19-18(26)17(25)16(24)14(9-23)28-19/h3,6-7,14,16-19,23-26H,1-2,4-5,9H2/t14-,16+,17+,18-,19+/m0/s1. The van der Waals surface area contributed by atoms with Gasteiger partial charge in [-0.05, 0) is 43.4 Å². The molecule has 1 aliphatic heterocycles. The summed E-state index contributed by atoms with van der Waals surface area (Å²) in [5.74, 6) is 0.548. The van der Waals surface area contributed by atoms with Crippen LogP contribution in [0.15, 0.2) is 22.8 Å². The highest BCUT2D eigenvalue weighted by Gasteiger charge is 2.45. The van der Waals surface area contributed by atoms with Crippen LogP contribution in [-0.4, -0.2) is 56.0 Å². The molecule has 29 heavy (non-hydrogen) atoms. The molecule has 0 amide bonds. The van der Waals surface area contributed by atoms with Crippen LogP contribution < -0.4 is 0 Å². The van der Waals surface area contributed by atoms with Crippen LogP contribution in [-0.2, 0) is 17.6 Å². The van der Waals surface area contributed by atoms with Gasteiger partial charge >= 0.3 is 0 Å². The number of fused-ring (bicyclic) bond motifs is 1. The Morgan fingerprint density at radius 2 is 1.93 bits per heavy atom. The van der Waals surface area contributed by atoms with E-state index in [1.54, 1.807) is 16.7 Å². The number of aliphatic hydroxyl groups is 4. The Morgan fingerprint density at radius 3 is 2.59 bits per heavy atom. The number of hydrogen-bond acceptors (Lipinski definition) is 8. The first-order valence-corrected chi connectivity index (χ1v) is 9.95. The van der Waals surface area contributed by atoms with E-state index in [0.29, 0.717) is 24.2 Å². The lowest BCUT2D eigenvalue weighted by molar-refractivity contribution is -0.252. The Hall–Kier alpha value is -2.06. The molecular formula is C20H22N2O6S. The number of aromatic nitrogens is 1. The number of nitrogens with zero attached hydrogens (tertiary/aromatic N) is 2. The molecule has 154 valence electrons. The Kier molecular flexibility index (Phi) is 5.57. The number of aliphatic hydroxyl groups excluding tert-OH is 4. The largest absolute Gasteiger partial charge is 0.464 e. The summed E-state index contributed by atoms with van der Waals surface area (Å²) in [4.78, 5) is 0. The van der Waals surface area contributed by atoms with Crippen LogP contribution in [0.3, 0.4) is 0 Å². The Balaban J connectivity index is 1.96. The van der Waals surface area contributed by atoms with E-state index in [4.69, 9.17) is 21.4 Å². The second-order valence-corrected chi connectivity index (χ2v) is 7.75. The molecule has 0 bridgehead atoms. The molecule has 2 aromatic rings. The van der Waals surface area contributed by atoms with Gasteiger partial charge in [0.1, 0.15) is 40.9 Å². The van der Waals surface area contributed by atoms with Crippen molar-refractivity contribution in [3.8, 4) is 17.4 Å². The first kappa shape index (κ1) is 20.2. The number of furan rings is 1. The molecule has 0 spiro atoms. The second kappa shape index (κ2) is 7.99. The highest BCUT2D eigenvalue weighted by atomic mass is 32.1. The van der Waals surface area contributed by atoms with Gasteiger partial charge in [0.2, 0.25) is 0 Å². The predicted octanol–water partition coefficient (Wildman–Crippen LogP) is 1.20. The summed E-state index contributed by atoms with van der Waals surface area (Å²) < 4.78 is 13.0. The van der Waals surface area contributed by atoms with E-state index >= 15 is 0 Å². The summed E-state index contributed by atoms with van der Waals surface area (Å²) >= 11 is 5.62. The summed E-state index contributed by atoms with van der Waals surface area (Å²) in [5, 5.41) is 50.4. The normalized spacial score (nSPS) is 29.3. The zero-order valence-electron chi connectivity index (χ0n) is 15.6. The van der Waals surface area contributed by atoms with Crippen LogP contribution in [0.1, 0.15) is 35.9 Å². The maximum atomic E-state index is 10.6. The van der Waals surface area contributed by atoms with Gasteiger partial charge in [0, 0.05) is 11.3 Å². The van der Waals surface area contributed by atoms with E-state index < -0.39 is 37.3 Å². The van der Waals surface area contributed by atoms with Crippen LogP contribution >= 0.6 is 12.2 Å². The van der Waals surface area contributed by atoms with Crippen LogP contribution in [0.4, 0.5) is 0 Å². The highest BCUT2D eigenvalue weighted by molar-refractivity contribution is 7.71. The van der Waals surface area contributed by atoms with Crippen molar-refractivity contribution in [3.63, 3.8) is 0 Å². The van der Waals surface area contributed by atoms with E-state index in [9.17, 15) is 25.7 Å². The fraction of sp³-hybridized carbons (Fsp3) is 0.500. The number of rotatable bonds is 3. The Morgan fingerprint density at radius 1 is 1.17 bits per heavy atom. The average molecular weight is 418 g/mol. The van der Waals surface area contributed by atoms with Crippen LogP contribution in [0.2, 0.25) is 0 Å². The molecule has 3 heterocycles. The van der Waals surface area contributed by atoms with E-state index in [1.165, 1.54) is 6.26 Å². The van der Waals surface area contributed by atoms with Gasteiger partial charge in [-0.2, -0.15) is 5.26 Å². The minimum atomic E-state index is -1.53. The van der Waals surface area contributed by atoms with Crippen molar-refractivity contribution in [2.24, 2.45) is 0 Å². The maximum Gasteiger partial charge on any atom is 0.164 e. The molecule has 2 aliphatic rings. The number of ether oxygens (including phenoxy) is 1. The topological polar surface area (TPSA) is 132 Å². The second-order valence-electron chi connectivity index (χ2n) is 7.37. The first-order chi connectivity index (χ1) is 14.0. The third-order valence-electron chi connectivity index (χ3n) is 5.71. The van der Waals surface area contributed by atoms with Crippen molar-refractivity contribution in [3.05, 3.63) is 39.9 Å². The first-order valence-electron chi connectivity index (χ1n) is 9.54. The molecule has 5 atom stereocenters. The van der Waals surface area contributed by atoms with Gasteiger partial charge in [0.25, 0.3) is 0 Å². The van der Waals surface area contributed by atoms with E-state index in [1.807, 2.05) is 0 Å². The zero-order chi connectivity index (χ0) is 20.7. The third kappa shape index (κ3) is 3.22. The predicted molar refractivity (Wildman–Crippen MR) is 103 cm³/mol.